The number of carboxylic acids is 1. The van der Waals surface area contributed by atoms with Gasteiger partial charge in [0.05, 0.1) is 35.2 Å². The van der Waals surface area contributed by atoms with Gasteiger partial charge in [-0.15, -0.1) is 0 Å². The summed E-state index contributed by atoms with van der Waals surface area (Å²) in [5.74, 6) is -1.52. The minimum absolute atomic E-state index is 0.0330. The molecule has 1 aliphatic heterocycles. The van der Waals surface area contributed by atoms with Crippen LogP contribution in [-0.2, 0) is 6.61 Å². The molecule has 0 aliphatic carbocycles. The molecule has 0 fully saturated rings. The van der Waals surface area contributed by atoms with Crippen molar-refractivity contribution in [1.29, 1.82) is 0 Å². The van der Waals surface area contributed by atoms with Crippen LogP contribution in [0.1, 0.15) is 36.6 Å². The Hall–Kier alpha value is -4.33. The molecule has 2 amide bonds. The first-order valence-electron chi connectivity index (χ1n) is 9.31. The molecular formula is C23H18N2O6. The first-order valence-corrected chi connectivity index (χ1v) is 9.31. The second-order valence-corrected chi connectivity index (χ2v) is 6.84. The van der Waals surface area contributed by atoms with Crippen LogP contribution in [0.4, 0.5) is 11.4 Å². The number of hydrogen-bond donors (Lipinski definition) is 2. The van der Waals surface area contributed by atoms with Crippen LogP contribution in [-0.4, -0.2) is 30.0 Å². The molecule has 4 rings (SSSR count). The molecule has 8 heteroatoms. The van der Waals surface area contributed by atoms with Gasteiger partial charge < -0.3 is 20.3 Å². The number of carboxylic acid groups (broad SMARTS) is 1. The first-order chi connectivity index (χ1) is 14.9. The fourth-order valence-electron chi connectivity index (χ4n) is 3.37. The smallest absolute Gasteiger partial charge is 0.335 e. The average molecular weight is 418 g/mol. The number of methoxy groups -OCH3 is 1. The van der Waals surface area contributed by atoms with Gasteiger partial charge in [-0.25, -0.2) is 9.69 Å². The Morgan fingerprint density at radius 2 is 1.71 bits per heavy atom. The fourth-order valence-corrected chi connectivity index (χ4v) is 3.37. The van der Waals surface area contributed by atoms with E-state index in [0.29, 0.717) is 22.7 Å². The van der Waals surface area contributed by atoms with Crippen LogP contribution in [0.15, 0.2) is 60.7 Å². The number of carbonyl (C=O) groups is 3. The fraction of sp³-hybridized carbons (Fsp3) is 0.0870. The van der Waals surface area contributed by atoms with E-state index >= 15 is 0 Å². The summed E-state index contributed by atoms with van der Waals surface area (Å²) in [7, 11) is 1.43. The molecule has 0 unspecified atom stereocenters. The zero-order valence-electron chi connectivity index (χ0n) is 16.5. The predicted molar refractivity (Wildman–Crippen MR) is 113 cm³/mol. The molecule has 1 aliphatic rings. The number of hydrogen-bond acceptors (Lipinski definition) is 6. The standard InChI is InChI=1S/C23H18N2O6/c1-30-20-9-6-13(12-31-19-5-3-2-4-17(19)24)10-18(20)25-21(26)15-8-7-14(23(28)29)11-16(15)22(25)27/h2-11H,12,24H2,1H3,(H,28,29). The number of benzene rings is 3. The molecule has 0 saturated heterocycles. The minimum atomic E-state index is -1.18. The maximum Gasteiger partial charge on any atom is 0.335 e. The largest absolute Gasteiger partial charge is 0.495 e. The Kier molecular flexibility index (Phi) is 5.04. The lowest BCUT2D eigenvalue weighted by molar-refractivity contribution is 0.0696. The van der Waals surface area contributed by atoms with E-state index in [-0.39, 0.29) is 29.0 Å². The third-order valence-electron chi connectivity index (χ3n) is 4.93. The molecule has 3 N–H and O–H groups in total. The van der Waals surface area contributed by atoms with Crippen molar-refractivity contribution in [3.05, 3.63) is 82.9 Å². The number of carbonyl (C=O) groups excluding carboxylic acids is 2. The van der Waals surface area contributed by atoms with Gasteiger partial charge in [0.25, 0.3) is 11.8 Å². The second-order valence-electron chi connectivity index (χ2n) is 6.84. The van der Waals surface area contributed by atoms with E-state index in [4.69, 9.17) is 15.2 Å². The summed E-state index contributed by atoms with van der Waals surface area (Å²) in [6, 6.07) is 15.9. The highest BCUT2D eigenvalue weighted by Crippen LogP contribution is 2.36. The van der Waals surface area contributed by atoms with Crippen LogP contribution >= 0.6 is 0 Å². The van der Waals surface area contributed by atoms with Crippen molar-refractivity contribution in [1.82, 2.24) is 0 Å². The van der Waals surface area contributed by atoms with E-state index < -0.39 is 17.8 Å². The van der Waals surface area contributed by atoms with Crippen molar-refractivity contribution in [2.24, 2.45) is 0 Å². The molecule has 31 heavy (non-hydrogen) atoms. The summed E-state index contributed by atoms with van der Waals surface area (Å²) in [4.78, 5) is 38.2. The van der Waals surface area contributed by atoms with Gasteiger partial charge in [-0.1, -0.05) is 18.2 Å². The molecule has 0 bridgehead atoms. The molecular weight excluding hydrogens is 400 g/mol. The number of aromatic carboxylic acids is 1. The van der Waals surface area contributed by atoms with Gasteiger partial charge in [-0.05, 0) is 48.0 Å². The summed E-state index contributed by atoms with van der Waals surface area (Å²) < 4.78 is 11.1. The van der Waals surface area contributed by atoms with Crippen LogP contribution in [0.2, 0.25) is 0 Å². The zero-order chi connectivity index (χ0) is 22.1. The maximum absolute atomic E-state index is 13.0. The number of anilines is 2. The highest BCUT2D eigenvalue weighted by atomic mass is 16.5. The normalized spacial score (nSPS) is 12.6. The SMILES string of the molecule is COc1ccc(COc2ccccc2N)cc1N1C(=O)c2ccc(C(=O)O)cc2C1=O. The third-order valence-corrected chi connectivity index (χ3v) is 4.93. The molecule has 3 aromatic carbocycles. The summed E-state index contributed by atoms with van der Waals surface area (Å²) >= 11 is 0. The highest BCUT2D eigenvalue weighted by molar-refractivity contribution is 6.35. The van der Waals surface area contributed by atoms with E-state index in [1.165, 1.54) is 25.3 Å². The molecule has 156 valence electrons. The monoisotopic (exact) mass is 418 g/mol. The van der Waals surface area contributed by atoms with E-state index in [9.17, 15) is 19.5 Å². The van der Waals surface area contributed by atoms with Gasteiger partial charge in [-0.2, -0.15) is 0 Å². The zero-order valence-corrected chi connectivity index (χ0v) is 16.5. The molecule has 3 aromatic rings. The maximum atomic E-state index is 13.0. The Bertz CT molecular complexity index is 1220. The topological polar surface area (TPSA) is 119 Å². The number of nitrogens with two attached hydrogens (primary N) is 1. The van der Waals surface area contributed by atoms with E-state index in [1.807, 2.05) is 0 Å². The van der Waals surface area contributed by atoms with Crippen LogP contribution in [0.3, 0.4) is 0 Å². The van der Waals surface area contributed by atoms with Crippen molar-refractivity contribution < 1.29 is 29.0 Å². The van der Waals surface area contributed by atoms with Gasteiger partial charge in [0.2, 0.25) is 0 Å². The Morgan fingerprint density at radius 3 is 2.42 bits per heavy atom. The lowest BCUT2D eigenvalue weighted by Crippen LogP contribution is -2.30. The Balaban J connectivity index is 1.67. The number of para-hydroxylation sites is 2. The molecule has 0 spiro atoms. The molecule has 1 heterocycles. The molecule has 0 saturated carbocycles. The predicted octanol–water partition coefficient (Wildman–Crippen LogP) is 3.36. The van der Waals surface area contributed by atoms with Crippen molar-refractivity contribution in [3.63, 3.8) is 0 Å². The molecule has 0 aromatic heterocycles. The van der Waals surface area contributed by atoms with E-state index in [0.717, 1.165) is 4.90 Å². The van der Waals surface area contributed by atoms with Crippen LogP contribution < -0.4 is 20.1 Å². The van der Waals surface area contributed by atoms with Crippen LogP contribution in [0.5, 0.6) is 11.5 Å². The molecule has 0 radical (unpaired) electrons. The lowest BCUT2D eigenvalue weighted by atomic mass is 10.1. The van der Waals surface area contributed by atoms with Crippen LogP contribution in [0.25, 0.3) is 0 Å². The van der Waals surface area contributed by atoms with Gasteiger partial charge in [0.1, 0.15) is 18.1 Å². The summed E-state index contributed by atoms with van der Waals surface area (Å²) in [6.45, 7) is 0.150. The first kappa shape index (κ1) is 20.0. The summed E-state index contributed by atoms with van der Waals surface area (Å²) in [5, 5.41) is 9.19. The number of nitrogen functional groups attached to an aromatic ring is 1. The third kappa shape index (κ3) is 3.55. The molecule has 0 atom stereocenters. The van der Waals surface area contributed by atoms with E-state index in [2.05, 4.69) is 0 Å². The van der Waals surface area contributed by atoms with Gasteiger partial charge in [-0.3, -0.25) is 9.59 Å². The Morgan fingerprint density at radius 1 is 0.968 bits per heavy atom. The summed E-state index contributed by atoms with van der Waals surface area (Å²) in [6.07, 6.45) is 0. The minimum Gasteiger partial charge on any atom is -0.495 e. The van der Waals surface area contributed by atoms with Crippen molar-refractivity contribution in [3.8, 4) is 11.5 Å². The number of fused-ring (bicyclic) bond motifs is 1. The number of nitrogens with zero attached hydrogens (tertiary/aromatic N) is 1. The van der Waals surface area contributed by atoms with Gasteiger partial charge in [0.15, 0.2) is 0 Å². The van der Waals surface area contributed by atoms with Gasteiger partial charge in [0, 0.05) is 0 Å². The number of imide groups is 1. The van der Waals surface area contributed by atoms with Crippen molar-refractivity contribution in [2.75, 3.05) is 17.7 Å². The highest BCUT2D eigenvalue weighted by Gasteiger charge is 2.38. The summed E-state index contributed by atoms with van der Waals surface area (Å²) in [5.41, 5.74) is 7.41. The second kappa shape index (κ2) is 7.83. The van der Waals surface area contributed by atoms with E-state index in [1.54, 1.807) is 42.5 Å². The lowest BCUT2D eigenvalue weighted by Gasteiger charge is -2.19. The number of ether oxygens (including phenoxy) is 2. The van der Waals surface area contributed by atoms with Crippen molar-refractivity contribution in [2.45, 2.75) is 6.61 Å². The van der Waals surface area contributed by atoms with Crippen molar-refractivity contribution >= 4 is 29.2 Å². The number of rotatable bonds is 6. The number of amides is 2. The quantitative estimate of drug-likeness (QED) is 0.465. The van der Waals surface area contributed by atoms with Gasteiger partial charge >= 0.3 is 5.97 Å². The average Bonchev–Trinajstić information content (AvgIpc) is 3.02. The molecule has 8 nitrogen and oxygen atoms in total. The van der Waals surface area contributed by atoms with Crippen LogP contribution in [0, 0.1) is 0 Å². The Labute approximate surface area is 177 Å².